The third-order valence-electron chi connectivity index (χ3n) is 3.83. The molecule has 0 fully saturated rings. The van der Waals surface area contributed by atoms with Crippen LogP contribution in [0.3, 0.4) is 0 Å². The van der Waals surface area contributed by atoms with Crippen LogP contribution in [0, 0.1) is 0 Å². The first-order chi connectivity index (χ1) is 13.2. The first kappa shape index (κ1) is 22.3. The molecule has 0 aliphatic rings. The minimum Gasteiger partial charge on any atom is -0.351 e. The Kier molecular flexibility index (Phi) is 7.52. The molecule has 0 saturated carbocycles. The fourth-order valence-corrected chi connectivity index (χ4v) is 5.57. The summed E-state index contributed by atoms with van der Waals surface area (Å²) >= 11 is 1.15. The highest BCUT2D eigenvalue weighted by Crippen LogP contribution is 2.18. The fraction of sp³-hybridized carbons (Fsp3) is 0.375. The lowest BCUT2D eigenvalue weighted by Gasteiger charge is -2.18. The second-order valence-corrected chi connectivity index (χ2v) is 10.3. The van der Waals surface area contributed by atoms with Gasteiger partial charge in [0, 0.05) is 36.8 Å². The minimum absolute atomic E-state index is 0.0108. The van der Waals surface area contributed by atoms with Gasteiger partial charge in [-0.2, -0.15) is 0 Å². The zero-order valence-corrected chi connectivity index (χ0v) is 17.9. The molecule has 0 aliphatic carbocycles. The molecular formula is C16H22N4O5S3. The molecule has 12 heteroatoms. The molecule has 0 aliphatic heterocycles. The van der Waals surface area contributed by atoms with Gasteiger partial charge in [-0.3, -0.25) is 9.52 Å². The summed E-state index contributed by atoms with van der Waals surface area (Å²) in [5.41, 5.74) is 0.230. The van der Waals surface area contributed by atoms with Crippen LogP contribution in [-0.4, -0.2) is 57.4 Å². The summed E-state index contributed by atoms with van der Waals surface area (Å²) in [6, 6.07) is 5.34. The predicted octanol–water partition coefficient (Wildman–Crippen LogP) is 1.35. The Morgan fingerprint density at radius 2 is 1.75 bits per heavy atom. The first-order valence-electron chi connectivity index (χ1n) is 8.48. The van der Waals surface area contributed by atoms with E-state index in [4.69, 9.17) is 0 Å². The molecule has 0 atom stereocenters. The van der Waals surface area contributed by atoms with Gasteiger partial charge in [0.05, 0.1) is 10.6 Å². The van der Waals surface area contributed by atoms with E-state index in [1.54, 1.807) is 19.2 Å². The van der Waals surface area contributed by atoms with Crippen LogP contribution in [0.1, 0.15) is 24.2 Å². The number of hydrogen-bond acceptors (Lipinski definition) is 7. The van der Waals surface area contributed by atoms with E-state index >= 15 is 0 Å². The Morgan fingerprint density at radius 3 is 2.29 bits per heavy atom. The number of rotatable bonds is 10. The zero-order chi connectivity index (χ0) is 20.8. The van der Waals surface area contributed by atoms with Gasteiger partial charge in [0.25, 0.3) is 15.9 Å². The average Bonchev–Trinajstić information content (AvgIpc) is 3.14. The SMILES string of the molecule is CCN(CC)S(=O)(=O)CCNC(=O)c1ccc(S(=O)(=O)Nc2nccs2)cc1. The quantitative estimate of drug-likeness (QED) is 0.567. The van der Waals surface area contributed by atoms with E-state index in [0.717, 1.165) is 11.3 Å². The van der Waals surface area contributed by atoms with Gasteiger partial charge in [0.2, 0.25) is 10.0 Å². The van der Waals surface area contributed by atoms with Crippen LogP contribution in [0.25, 0.3) is 0 Å². The Balaban J connectivity index is 1.96. The molecule has 2 N–H and O–H groups in total. The van der Waals surface area contributed by atoms with Crippen LogP contribution < -0.4 is 10.0 Å². The number of benzene rings is 1. The van der Waals surface area contributed by atoms with Crippen molar-refractivity contribution in [2.75, 3.05) is 30.1 Å². The lowest BCUT2D eigenvalue weighted by Crippen LogP contribution is -2.37. The van der Waals surface area contributed by atoms with Crippen LogP contribution in [0.15, 0.2) is 40.7 Å². The normalized spacial score (nSPS) is 12.1. The first-order valence-corrected chi connectivity index (χ1v) is 12.4. The molecule has 1 aromatic heterocycles. The lowest BCUT2D eigenvalue weighted by atomic mass is 10.2. The number of amides is 1. The van der Waals surface area contributed by atoms with Gasteiger partial charge in [-0.1, -0.05) is 13.8 Å². The second-order valence-electron chi connectivity index (χ2n) is 5.62. The van der Waals surface area contributed by atoms with Gasteiger partial charge < -0.3 is 5.32 Å². The van der Waals surface area contributed by atoms with Crippen LogP contribution in [-0.2, 0) is 20.0 Å². The highest BCUT2D eigenvalue weighted by atomic mass is 32.2. The minimum atomic E-state index is -3.80. The molecule has 154 valence electrons. The van der Waals surface area contributed by atoms with Crippen molar-refractivity contribution in [3.63, 3.8) is 0 Å². The molecule has 0 unspecified atom stereocenters. The summed E-state index contributed by atoms with van der Waals surface area (Å²) in [5, 5.41) is 4.43. The molecule has 0 saturated heterocycles. The second kappa shape index (κ2) is 9.45. The number of thiazole rings is 1. The molecule has 9 nitrogen and oxygen atoms in total. The number of nitrogens with one attached hydrogen (secondary N) is 2. The highest BCUT2D eigenvalue weighted by molar-refractivity contribution is 7.93. The molecule has 2 aromatic rings. The van der Waals surface area contributed by atoms with Crippen LogP contribution >= 0.6 is 11.3 Å². The van der Waals surface area contributed by atoms with Gasteiger partial charge in [0.1, 0.15) is 0 Å². The number of sulfonamides is 2. The smallest absolute Gasteiger partial charge is 0.263 e. The number of carbonyl (C=O) groups excluding carboxylic acids is 1. The topological polar surface area (TPSA) is 126 Å². The largest absolute Gasteiger partial charge is 0.351 e. The molecule has 28 heavy (non-hydrogen) atoms. The van der Waals surface area contributed by atoms with Crippen LogP contribution in [0.4, 0.5) is 5.13 Å². The van der Waals surface area contributed by atoms with Crippen LogP contribution in [0.5, 0.6) is 0 Å². The molecule has 0 radical (unpaired) electrons. The number of aromatic nitrogens is 1. The summed E-state index contributed by atoms with van der Waals surface area (Å²) < 4.78 is 52.4. The standard InChI is InChI=1S/C16H22N4O5S3/c1-3-20(4-2)27(22,23)12-10-17-15(21)13-5-7-14(8-6-13)28(24,25)19-16-18-9-11-26-16/h5-9,11H,3-4,10,12H2,1-2H3,(H,17,21)(H,18,19). The Morgan fingerprint density at radius 1 is 1.11 bits per heavy atom. The summed E-state index contributed by atoms with van der Waals surface area (Å²) in [6.07, 6.45) is 1.48. The van der Waals surface area contributed by atoms with Crippen molar-refractivity contribution >= 4 is 42.4 Å². The summed E-state index contributed by atoms with van der Waals surface area (Å²) in [4.78, 5) is 16.0. The molecule has 1 aromatic carbocycles. The summed E-state index contributed by atoms with van der Waals surface area (Å²) in [7, 11) is -7.22. The number of hydrogen-bond donors (Lipinski definition) is 2. The Labute approximate surface area is 168 Å². The van der Waals surface area contributed by atoms with E-state index in [1.807, 2.05) is 0 Å². The van der Waals surface area contributed by atoms with Crippen molar-refractivity contribution in [1.82, 2.24) is 14.6 Å². The third-order valence-corrected chi connectivity index (χ3v) is 8.02. The molecule has 0 spiro atoms. The highest BCUT2D eigenvalue weighted by Gasteiger charge is 2.19. The lowest BCUT2D eigenvalue weighted by molar-refractivity contribution is 0.0956. The molecule has 2 rings (SSSR count). The van der Waals surface area contributed by atoms with E-state index in [-0.39, 0.29) is 27.9 Å². The van der Waals surface area contributed by atoms with E-state index in [1.165, 1.54) is 34.8 Å². The third kappa shape index (κ3) is 5.74. The number of carbonyl (C=O) groups is 1. The molecule has 0 bridgehead atoms. The zero-order valence-electron chi connectivity index (χ0n) is 15.5. The molecule has 1 heterocycles. The maximum absolute atomic E-state index is 12.3. The van der Waals surface area contributed by atoms with E-state index < -0.39 is 26.0 Å². The molecule has 1 amide bonds. The van der Waals surface area contributed by atoms with Crippen molar-refractivity contribution in [3.05, 3.63) is 41.4 Å². The van der Waals surface area contributed by atoms with E-state index in [9.17, 15) is 21.6 Å². The van der Waals surface area contributed by atoms with Gasteiger partial charge in [-0.15, -0.1) is 11.3 Å². The van der Waals surface area contributed by atoms with Gasteiger partial charge in [-0.25, -0.2) is 26.1 Å². The van der Waals surface area contributed by atoms with Crippen LogP contribution in [0.2, 0.25) is 0 Å². The number of anilines is 1. The fourth-order valence-electron chi connectivity index (χ4n) is 2.37. The predicted molar refractivity (Wildman–Crippen MR) is 108 cm³/mol. The van der Waals surface area contributed by atoms with Gasteiger partial charge in [0.15, 0.2) is 5.13 Å². The molecular weight excluding hydrogens is 424 g/mol. The van der Waals surface area contributed by atoms with Crippen molar-refractivity contribution in [3.8, 4) is 0 Å². The maximum Gasteiger partial charge on any atom is 0.263 e. The monoisotopic (exact) mass is 446 g/mol. The van der Waals surface area contributed by atoms with Crippen molar-refractivity contribution < 1.29 is 21.6 Å². The Hall–Kier alpha value is -2.02. The van der Waals surface area contributed by atoms with Crippen molar-refractivity contribution in [2.24, 2.45) is 0 Å². The Bertz CT molecular complexity index is 983. The van der Waals surface area contributed by atoms with Gasteiger partial charge in [-0.05, 0) is 24.3 Å². The summed E-state index contributed by atoms with van der Waals surface area (Å²) in [6.45, 7) is 4.20. The summed E-state index contributed by atoms with van der Waals surface area (Å²) in [5.74, 6) is -0.684. The van der Waals surface area contributed by atoms with Crippen molar-refractivity contribution in [2.45, 2.75) is 18.7 Å². The number of nitrogens with zero attached hydrogens (tertiary/aromatic N) is 2. The van der Waals surface area contributed by atoms with E-state index in [2.05, 4.69) is 15.0 Å². The van der Waals surface area contributed by atoms with E-state index in [0.29, 0.717) is 13.1 Å². The maximum atomic E-state index is 12.3. The average molecular weight is 447 g/mol. The van der Waals surface area contributed by atoms with Gasteiger partial charge >= 0.3 is 0 Å². The van der Waals surface area contributed by atoms with Crippen molar-refractivity contribution in [1.29, 1.82) is 0 Å².